The molecule has 122 valence electrons. The molecule has 6 heteroatoms. The Balaban J connectivity index is 1.86. The van der Waals surface area contributed by atoms with E-state index in [1.54, 1.807) is 24.4 Å². The number of carbonyl (C=O) groups is 1. The lowest BCUT2D eigenvalue weighted by molar-refractivity contribution is -0.138. The molecule has 0 aliphatic rings. The summed E-state index contributed by atoms with van der Waals surface area (Å²) in [5, 5.41) is 10.4. The molecule has 0 fully saturated rings. The normalized spacial score (nSPS) is 12.1. The van der Waals surface area contributed by atoms with E-state index in [1.807, 2.05) is 30.3 Å². The number of nitrogens with two attached hydrogens (primary N) is 1. The highest BCUT2D eigenvalue weighted by molar-refractivity contribution is 6.32. The molecular weight excluding hydrogens is 328 g/mol. The first-order valence-corrected chi connectivity index (χ1v) is 7.70. The summed E-state index contributed by atoms with van der Waals surface area (Å²) in [4.78, 5) is 15.2. The highest BCUT2D eigenvalue weighted by Gasteiger charge is 2.14. The zero-order valence-corrected chi connectivity index (χ0v) is 13.4. The number of fused-ring (bicyclic) bond motifs is 1. The zero-order valence-electron chi connectivity index (χ0n) is 12.6. The maximum atomic E-state index is 10.9. The van der Waals surface area contributed by atoms with Gasteiger partial charge in [0.25, 0.3) is 0 Å². The number of hydrogen-bond donors (Lipinski definition) is 2. The number of nitrogens with zero attached hydrogens (tertiary/aromatic N) is 1. The summed E-state index contributed by atoms with van der Waals surface area (Å²) >= 11 is 6.18. The predicted octanol–water partition coefficient (Wildman–Crippen LogP) is 3.63. The molecule has 2 aromatic carbocycles. The Morgan fingerprint density at radius 3 is 2.88 bits per heavy atom. The van der Waals surface area contributed by atoms with E-state index in [-0.39, 0.29) is 6.42 Å². The van der Waals surface area contributed by atoms with Crippen LogP contribution in [0.15, 0.2) is 54.7 Å². The monoisotopic (exact) mass is 342 g/mol. The smallest absolute Gasteiger partial charge is 0.320 e. The predicted molar refractivity (Wildman–Crippen MR) is 92.6 cm³/mol. The van der Waals surface area contributed by atoms with E-state index in [4.69, 9.17) is 27.2 Å². The van der Waals surface area contributed by atoms with Crippen LogP contribution < -0.4 is 10.5 Å². The van der Waals surface area contributed by atoms with Crippen LogP contribution in [0.4, 0.5) is 0 Å². The largest absolute Gasteiger partial charge is 0.480 e. The molecule has 0 spiro atoms. The number of rotatable bonds is 5. The minimum atomic E-state index is -1.05. The lowest BCUT2D eigenvalue weighted by atomic mass is 10.1. The minimum absolute atomic E-state index is 0.197. The number of pyridine rings is 1. The molecule has 1 unspecified atom stereocenters. The molecule has 0 radical (unpaired) electrons. The fourth-order valence-corrected chi connectivity index (χ4v) is 2.49. The summed E-state index contributed by atoms with van der Waals surface area (Å²) < 4.78 is 5.84. The number of carboxylic acids is 1. The van der Waals surface area contributed by atoms with E-state index in [9.17, 15) is 4.79 Å². The molecule has 0 saturated heterocycles. The van der Waals surface area contributed by atoms with Gasteiger partial charge in [0.2, 0.25) is 0 Å². The molecule has 1 heterocycles. The first-order valence-electron chi connectivity index (χ1n) is 7.32. The van der Waals surface area contributed by atoms with Crippen molar-refractivity contribution < 1.29 is 14.6 Å². The molecule has 0 bridgehead atoms. The Kier molecular flexibility index (Phi) is 4.64. The molecular formula is C18H15ClN2O3. The van der Waals surface area contributed by atoms with Gasteiger partial charge in [0.1, 0.15) is 17.5 Å². The Labute approximate surface area is 143 Å². The first-order chi connectivity index (χ1) is 11.5. The molecule has 3 N–H and O–H groups in total. The van der Waals surface area contributed by atoms with E-state index in [2.05, 4.69) is 4.98 Å². The van der Waals surface area contributed by atoms with Crippen molar-refractivity contribution in [2.45, 2.75) is 12.5 Å². The summed E-state index contributed by atoms with van der Waals surface area (Å²) in [6.45, 7) is 0. The van der Waals surface area contributed by atoms with Crippen molar-refractivity contribution in [3.63, 3.8) is 0 Å². The average molecular weight is 343 g/mol. The van der Waals surface area contributed by atoms with Crippen LogP contribution in [0.25, 0.3) is 10.9 Å². The highest BCUT2D eigenvalue weighted by atomic mass is 35.5. The molecule has 5 nitrogen and oxygen atoms in total. The van der Waals surface area contributed by atoms with Gasteiger partial charge in [0, 0.05) is 17.6 Å². The van der Waals surface area contributed by atoms with Gasteiger partial charge in [0.05, 0.1) is 10.5 Å². The Hall–Kier alpha value is -2.63. The van der Waals surface area contributed by atoms with Crippen LogP contribution in [0.1, 0.15) is 5.56 Å². The third kappa shape index (κ3) is 3.64. The van der Waals surface area contributed by atoms with Crippen molar-refractivity contribution in [2.24, 2.45) is 5.73 Å². The van der Waals surface area contributed by atoms with Gasteiger partial charge in [-0.2, -0.15) is 0 Å². The van der Waals surface area contributed by atoms with E-state index in [0.29, 0.717) is 16.5 Å². The van der Waals surface area contributed by atoms with Crippen molar-refractivity contribution in [3.8, 4) is 11.5 Å². The third-order valence-corrected chi connectivity index (χ3v) is 3.89. The molecule has 0 aliphatic heterocycles. The minimum Gasteiger partial charge on any atom is -0.480 e. The summed E-state index contributed by atoms with van der Waals surface area (Å²) in [6.07, 6.45) is 1.91. The van der Waals surface area contributed by atoms with Crippen LogP contribution in [0.5, 0.6) is 11.5 Å². The van der Waals surface area contributed by atoms with Gasteiger partial charge >= 0.3 is 5.97 Å². The van der Waals surface area contributed by atoms with Crippen molar-refractivity contribution in [1.82, 2.24) is 4.98 Å². The first kappa shape index (κ1) is 16.2. The van der Waals surface area contributed by atoms with Crippen molar-refractivity contribution in [1.29, 1.82) is 0 Å². The lowest BCUT2D eigenvalue weighted by Gasteiger charge is -2.11. The van der Waals surface area contributed by atoms with Crippen molar-refractivity contribution in [2.75, 3.05) is 0 Å². The third-order valence-electron chi connectivity index (χ3n) is 3.57. The maximum Gasteiger partial charge on any atom is 0.320 e. The average Bonchev–Trinajstić information content (AvgIpc) is 2.57. The van der Waals surface area contributed by atoms with Gasteiger partial charge < -0.3 is 15.6 Å². The van der Waals surface area contributed by atoms with Crippen LogP contribution in [0, 0.1) is 0 Å². The van der Waals surface area contributed by atoms with Crippen molar-refractivity contribution in [3.05, 3.63) is 65.3 Å². The molecule has 0 saturated carbocycles. The van der Waals surface area contributed by atoms with Crippen LogP contribution in [0.3, 0.4) is 0 Å². The van der Waals surface area contributed by atoms with Gasteiger partial charge in [-0.3, -0.25) is 9.78 Å². The lowest BCUT2D eigenvalue weighted by Crippen LogP contribution is -2.32. The highest BCUT2D eigenvalue weighted by Crippen LogP contribution is 2.31. The van der Waals surface area contributed by atoms with E-state index < -0.39 is 12.0 Å². The topological polar surface area (TPSA) is 85.4 Å². The van der Waals surface area contributed by atoms with E-state index in [0.717, 1.165) is 16.5 Å². The fourth-order valence-electron chi connectivity index (χ4n) is 2.33. The summed E-state index contributed by atoms with van der Waals surface area (Å²) in [7, 11) is 0. The van der Waals surface area contributed by atoms with Gasteiger partial charge in [-0.1, -0.05) is 23.7 Å². The molecule has 0 aliphatic carbocycles. The van der Waals surface area contributed by atoms with E-state index in [1.165, 1.54) is 0 Å². The van der Waals surface area contributed by atoms with Gasteiger partial charge in [-0.05, 0) is 42.3 Å². The van der Waals surface area contributed by atoms with Gasteiger partial charge in [-0.25, -0.2) is 0 Å². The quantitative estimate of drug-likeness (QED) is 0.739. The number of hydrogen-bond acceptors (Lipinski definition) is 4. The van der Waals surface area contributed by atoms with Gasteiger partial charge in [0.15, 0.2) is 0 Å². The standard InChI is InChI=1S/C18H15ClN2O3/c19-14-6-3-11(8-15(20)18(22)23)9-17(14)24-13-5-4-12-2-1-7-21-16(12)10-13/h1-7,9-10,15H,8,20H2,(H,22,23). The van der Waals surface area contributed by atoms with Crippen LogP contribution in [-0.2, 0) is 11.2 Å². The Bertz CT molecular complexity index is 898. The van der Waals surface area contributed by atoms with Crippen LogP contribution >= 0.6 is 11.6 Å². The second-order valence-electron chi connectivity index (χ2n) is 5.37. The molecule has 0 amide bonds. The summed E-state index contributed by atoms with van der Waals surface area (Å²) in [5.41, 5.74) is 7.12. The number of aliphatic carboxylic acids is 1. The Morgan fingerprint density at radius 1 is 1.25 bits per heavy atom. The van der Waals surface area contributed by atoms with Gasteiger partial charge in [-0.15, -0.1) is 0 Å². The maximum absolute atomic E-state index is 10.9. The molecule has 3 aromatic rings. The second kappa shape index (κ2) is 6.86. The van der Waals surface area contributed by atoms with E-state index >= 15 is 0 Å². The SMILES string of the molecule is NC(Cc1ccc(Cl)c(Oc2ccc3cccnc3c2)c1)C(=O)O. The zero-order chi connectivity index (χ0) is 17.1. The molecule has 24 heavy (non-hydrogen) atoms. The molecule has 3 rings (SSSR count). The number of carboxylic acid groups (broad SMARTS) is 1. The molecule has 1 atom stereocenters. The van der Waals surface area contributed by atoms with Crippen molar-refractivity contribution >= 4 is 28.5 Å². The van der Waals surface area contributed by atoms with Crippen LogP contribution in [0.2, 0.25) is 5.02 Å². The number of ether oxygens (including phenoxy) is 1. The van der Waals surface area contributed by atoms with Crippen LogP contribution in [-0.4, -0.2) is 22.1 Å². The number of aromatic nitrogens is 1. The summed E-state index contributed by atoms with van der Waals surface area (Å²) in [5.74, 6) is -0.00200. The Morgan fingerprint density at radius 2 is 2.08 bits per heavy atom. The summed E-state index contributed by atoms with van der Waals surface area (Å²) in [6, 6.07) is 13.5. The second-order valence-corrected chi connectivity index (χ2v) is 5.78. The molecule has 1 aromatic heterocycles. The fraction of sp³-hybridized carbons (Fsp3) is 0.111. The number of benzene rings is 2. The number of halogens is 1.